The highest BCUT2D eigenvalue weighted by Gasteiger charge is 2.02. The Kier molecular flexibility index (Phi) is 2.88. The molecule has 0 saturated carbocycles. The molecular formula is C12H12N4. The fourth-order valence-electron chi connectivity index (χ4n) is 1.48. The normalized spacial score (nSPS) is 9.75. The Balaban J connectivity index is 2.13. The van der Waals surface area contributed by atoms with Gasteiger partial charge >= 0.3 is 0 Å². The Bertz CT molecular complexity index is 508. The second kappa shape index (κ2) is 4.49. The first kappa shape index (κ1) is 10.2. The van der Waals surface area contributed by atoms with Gasteiger partial charge in [0.15, 0.2) is 0 Å². The molecule has 2 aromatic rings. The van der Waals surface area contributed by atoms with E-state index >= 15 is 0 Å². The van der Waals surface area contributed by atoms with Crippen molar-refractivity contribution in [3.63, 3.8) is 0 Å². The zero-order valence-corrected chi connectivity index (χ0v) is 8.99. The summed E-state index contributed by atoms with van der Waals surface area (Å²) < 4.78 is 0. The fourth-order valence-corrected chi connectivity index (χ4v) is 1.48. The van der Waals surface area contributed by atoms with Gasteiger partial charge < -0.3 is 10.3 Å². The molecule has 0 aliphatic rings. The summed E-state index contributed by atoms with van der Waals surface area (Å²) in [7, 11) is 0. The van der Waals surface area contributed by atoms with E-state index in [4.69, 9.17) is 5.26 Å². The molecule has 4 heteroatoms. The van der Waals surface area contributed by atoms with Gasteiger partial charge in [-0.15, -0.1) is 0 Å². The summed E-state index contributed by atoms with van der Waals surface area (Å²) in [6.07, 6.45) is 3.48. The predicted molar refractivity (Wildman–Crippen MR) is 61.8 cm³/mol. The Morgan fingerprint density at radius 2 is 2.38 bits per heavy atom. The first-order chi connectivity index (χ1) is 7.79. The van der Waals surface area contributed by atoms with Gasteiger partial charge in [0, 0.05) is 12.4 Å². The fraction of sp³-hybridized carbons (Fsp3) is 0.167. The number of H-pyrrole nitrogens is 1. The average Bonchev–Trinajstić information content (AvgIpc) is 2.80. The van der Waals surface area contributed by atoms with Gasteiger partial charge in [-0.25, -0.2) is 4.98 Å². The van der Waals surface area contributed by atoms with E-state index in [2.05, 4.69) is 21.4 Å². The summed E-state index contributed by atoms with van der Waals surface area (Å²) in [5.41, 5.74) is 2.58. The van der Waals surface area contributed by atoms with Gasteiger partial charge in [0.25, 0.3) is 0 Å². The molecular weight excluding hydrogens is 200 g/mol. The van der Waals surface area contributed by atoms with E-state index in [1.54, 1.807) is 12.4 Å². The summed E-state index contributed by atoms with van der Waals surface area (Å²) in [6.45, 7) is 2.56. The second-order valence-electron chi connectivity index (χ2n) is 3.55. The number of rotatable bonds is 3. The Morgan fingerprint density at radius 1 is 1.50 bits per heavy atom. The van der Waals surface area contributed by atoms with Crippen molar-refractivity contribution in [2.75, 3.05) is 5.32 Å². The SMILES string of the molecule is Cc1ccc(NCc2ncc[nH]2)c(C#N)c1. The maximum absolute atomic E-state index is 8.99. The lowest BCUT2D eigenvalue weighted by atomic mass is 10.1. The van der Waals surface area contributed by atoms with Crippen LogP contribution in [0.3, 0.4) is 0 Å². The standard InChI is InChI=1S/C12H12N4/c1-9-2-3-11(10(6-9)7-13)16-8-12-14-4-5-15-12/h2-6,16H,8H2,1H3,(H,14,15). The highest BCUT2D eigenvalue weighted by Crippen LogP contribution is 2.16. The summed E-state index contributed by atoms with van der Waals surface area (Å²) in [5, 5.41) is 12.2. The van der Waals surface area contributed by atoms with Crippen LogP contribution in [0.1, 0.15) is 17.0 Å². The molecule has 0 bridgehead atoms. The number of hydrogen-bond acceptors (Lipinski definition) is 3. The minimum atomic E-state index is 0.588. The molecule has 1 heterocycles. The van der Waals surface area contributed by atoms with Crippen LogP contribution in [0.4, 0.5) is 5.69 Å². The zero-order valence-electron chi connectivity index (χ0n) is 8.99. The number of benzene rings is 1. The molecule has 0 spiro atoms. The van der Waals surface area contributed by atoms with Crippen LogP contribution in [0, 0.1) is 18.3 Å². The van der Waals surface area contributed by atoms with Gasteiger partial charge in [-0.2, -0.15) is 5.26 Å². The topological polar surface area (TPSA) is 64.5 Å². The van der Waals surface area contributed by atoms with Crippen molar-refractivity contribution in [3.05, 3.63) is 47.5 Å². The summed E-state index contributed by atoms with van der Waals surface area (Å²) >= 11 is 0. The van der Waals surface area contributed by atoms with E-state index in [1.165, 1.54) is 0 Å². The number of nitrogens with zero attached hydrogens (tertiary/aromatic N) is 2. The van der Waals surface area contributed by atoms with Gasteiger partial charge in [-0.1, -0.05) is 6.07 Å². The van der Waals surface area contributed by atoms with Crippen LogP contribution in [0.15, 0.2) is 30.6 Å². The van der Waals surface area contributed by atoms with Crippen molar-refractivity contribution in [2.24, 2.45) is 0 Å². The van der Waals surface area contributed by atoms with Gasteiger partial charge in [-0.3, -0.25) is 0 Å². The third-order valence-corrected chi connectivity index (χ3v) is 2.30. The number of aromatic nitrogens is 2. The molecule has 1 aromatic heterocycles. The average molecular weight is 212 g/mol. The van der Waals surface area contributed by atoms with Crippen molar-refractivity contribution in [1.29, 1.82) is 5.26 Å². The van der Waals surface area contributed by atoms with Crippen LogP contribution in [-0.2, 0) is 6.54 Å². The number of aryl methyl sites for hydroxylation is 1. The van der Waals surface area contributed by atoms with Crippen molar-refractivity contribution in [1.82, 2.24) is 9.97 Å². The van der Waals surface area contributed by atoms with Crippen molar-refractivity contribution < 1.29 is 0 Å². The number of aromatic amines is 1. The van der Waals surface area contributed by atoms with Gasteiger partial charge in [-0.05, 0) is 24.6 Å². The van der Waals surface area contributed by atoms with Crippen LogP contribution < -0.4 is 5.32 Å². The van der Waals surface area contributed by atoms with Crippen LogP contribution in [-0.4, -0.2) is 9.97 Å². The van der Waals surface area contributed by atoms with E-state index < -0.39 is 0 Å². The molecule has 0 unspecified atom stereocenters. The number of nitrogens with one attached hydrogen (secondary N) is 2. The highest BCUT2D eigenvalue weighted by molar-refractivity contribution is 5.58. The van der Waals surface area contributed by atoms with E-state index in [0.717, 1.165) is 17.1 Å². The van der Waals surface area contributed by atoms with Crippen LogP contribution in [0.2, 0.25) is 0 Å². The molecule has 0 aliphatic heterocycles. The molecule has 0 aliphatic carbocycles. The minimum Gasteiger partial charge on any atom is -0.377 e. The number of nitriles is 1. The number of anilines is 1. The molecule has 0 amide bonds. The van der Waals surface area contributed by atoms with Crippen molar-refractivity contribution in [3.8, 4) is 6.07 Å². The Labute approximate surface area is 94.0 Å². The number of hydrogen-bond donors (Lipinski definition) is 2. The minimum absolute atomic E-state index is 0.588. The maximum atomic E-state index is 8.99. The lowest BCUT2D eigenvalue weighted by molar-refractivity contribution is 0.999. The maximum Gasteiger partial charge on any atom is 0.125 e. The predicted octanol–water partition coefficient (Wildman–Crippen LogP) is 2.20. The molecule has 0 atom stereocenters. The first-order valence-electron chi connectivity index (χ1n) is 5.02. The third-order valence-electron chi connectivity index (χ3n) is 2.30. The summed E-state index contributed by atoms with van der Waals surface area (Å²) in [5.74, 6) is 0.851. The van der Waals surface area contributed by atoms with Crippen LogP contribution >= 0.6 is 0 Å². The smallest absolute Gasteiger partial charge is 0.125 e. The van der Waals surface area contributed by atoms with E-state index in [0.29, 0.717) is 12.1 Å². The molecule has 2 N–H and O–H groups in total. The lowest BCUT2D eigenvalue weighted by Gasteiger charge is -2.07. The molecule has 0 saturated heterocycles. The molecule has 0 radical (unpaired) electrons. The van der Waals surface area contributed by atoms with E-state index in [1.807, 2.05) is 25.1 Å². The molecule has 1 aromatic carbocycles. The first-order valence-corrected chi connectivity index (χ1v) is 5.02. The Morgan fingerprint density at radius 3 is 3.06 bits per heavy atom. The lowest BCUT2D eigenvalue weighted by Crippen LogP contribution is -2.02. The monoisotopic (exact) mass is 212 g/mol. The van der Waals surface area contributed by atoms with Gasteiger partial charge in [0.1, 0.15) is 11.9 Å². The second-order valence-corrected chi connectivity index (χ2v) is 3.55. The molecule has 2 rings (SSSR count). The van der Waals surface area contributed by atoms with Gasteiger partial charge in [0.05, 0.1) is 17.8 Å². The third kappa shape index (κ3) is 2.20. The van der Waals surface area contributed by atoms with Crippen LogP contribution in [0.25, 0.3) is 0 Å². The van der Waals surface area contributed by atoms with Crippen molar-refractivity contribution >= 4 is 5.69 Å². The molecule has 4 nitrogen and oxygen atoms in total. The number of imidazole rings is 1. The summed E-state index contributed by atoms with van der Waals surface area (Å²) in [6, 6.07) is 7.93. The molecule has 16 heavy (non-hydrogen) atoms. The quantitative estimate of drug-likeness (QED) is 0.819. The summed E-state index contributed by atoms with van der Waals surface area (Å²) in [4.78, 5) is 7.10. The van der Waals surface area contributed by atoms with Crippen LogP contribution in [0.5, 0.6) is 0 Å². The van der Waals surface area contributed by atoms with Gasteiger partial charge in [0.2, 0.25) is 0 Å². The van der Waals surface area contributed by atoms with E-state index in [9.17, 15) is 0 Å². The Hall–Kier alpha value is -2.28. The molecule has 0 fully saturated rings. The van der Waals surface area contributed by atoms with Crippen molar-refractivity contribution in [2.45, 2.75) is 13.5 Å². The van der Waals surface area contributed by atoms with E-state index in [-0.39, 0.29) is 0 Å². The zero-order chi connectivity index (χ0) is 11.4. The highest BCUT2D eigenvalue weighted by atomic mass is 15.0. The molecule has 80 valence electrons. The largest absolute Gasteiger partial charge is 0.377 e.